The van der Waals surface area contributed by atoms with Crippen molar-refractivity contribution in [1.82, 2.24) is 0 Å². The lowest BCUT2D eigenvalue weighted by Crippen LogP contribution is -2.35. The molecule has 100 valence electrons. The van der Waals surface area contributed by atoms with Gasteiger partial charge < -0.3 is 0 Å². The number of Topliss-reactive ketones (excluding diaryl/α,β-unsaturated/α-hetero) is 2. The summed E-state index contributed by atoms with van der Waals surface area (Å²) in [6.07, 6.45) is 1.93. The van der Waals surface area contributed by atoms with Crippen molar-refractivity contribution in [3.05, 3.63) is 35.9 Å². The van der Waals surface area contributed by atoms with Crippen molar-refractivity contribution in [2.45, 2.75) is 33.6 Å². The molecular weight excluding hydrogens is 236 g/mol. The first kappa shape index (κ1) is 12.6. The summed E-state index contributed by atoms with van der Waals surface area (Å²) in [5, 5.41) is 0. The fourth-order valence-corrected chi connectivity index (χ4v) is 4.17. The van der Waals surface area contributed by atoms with Crippen LogP contribution in [-0.2, 0) is 4.79 Å². The van der Waals surface area contributed by atoms with E-state index in [0.29, 0.717) is 5.56 Å². The quantitative estimate of drug-likeness (QED) is 0.599. The van der Waals surface area contributed by atoms with E-state index < -0.39 is 5.92 Å². The van der Waals surface area contributed by atoms with E-state index in [0.717, 1.165) is 12.8 Å². The van der Waals surface area contributed by atoms with Crippen LogP contribution >= 0.6 is 0 Å². The Morgan fingerprint density at radius 2 is 1.79 bits per heavy atom. The summed E-state index contributed by atoms with van der Waals surface area (Å²) in [6.45, 7) is 6.36. The molecule has 0 heterocycles. The highest BCUT2D eigenvalue weighted by Gasteiger charge is 2.67. The van der Waals surface area contributed by atoms with Gasteiger partial charge in [-0.1, -0.05) is 51.1 Å². The van der Waals surface area contributed by atoms with Gasteiger partial charge in [-0.05, 0) is 24.2 Å². The van der Waals surface area contributed by atoms with Crippen molar-refractivity contribution in [3.63, 3.8) is 0 Å². The first-order valence-electron chi connectivity index (χ1n) is 7.03. The summed E-state index contributed by atoms with van der Waals surface area (Å²) in [6, 6.07) is 9.24. The van der Waals surface area contributed by atoms with Crippen LogP contribution in [0.25, 0.3) is 0 Å². The molecule has 0 amide bonds. The van der Waals surface area contributed by atoms with Crippen LogP contribution < -0.4 is 0 Å². The first-order chi connectivity index (χ1) is 8.89. The van der Waals surface area contributed by atoms with E-state index in [1.807, 2.05) is 37.3 Å². The Bertz CT molecular complexity index is 544. The number of ketones is 2. The molecule has 2 saturated carbocycles. The highest BCUT2D eigenvalue weighted by molar-refractivity contribution is 6.14. The predicted octanol–water partition coefficient (Wildman–Crippen LogP) is 3.51. The third-order valence-electron chi connectivity index (χ3n) is 5.87. The molecule has 19 heavy (non-hydrogen) atoms. The van der Waals surface area contributed by atoms with Crippen LogP contribution in [0, 0.1) is 22.7 Å². The van der Waals surface area contributed by atoms with Gasteiger partial charge in [-0.2, -0.15) is 0 Å². The van der Waals surface area contributed by atoms with Gasteiger partial charge in [-0.25, -0.2) is 0 Å². The summed E-state index contributed by atoms with van der Waals surface area (Å²) in [5.74, 6) is -0.0245. The average Bonchev–Trinajstić information content (AvgIpc) is 2.71. The minimum atomic E-state index is -0.420. The van der Waals surface area contributed by atoms with E-state index in [1.165, 1.54) is 0 Å². The number of rotatable bonds is 2. The molecule has 3 rings (SSSR count). The molecule has 1 aromatic rings. The van der Waals surface area contributed by atoms with E-state index in [9.17, 15) is 9.59 Å². The van der Waals surface area contributed by atoms with Crippen molar-refractivity contribution in [2.75, 3.05) is 0 Å². The molecule has 2 bridgehead atoms. The maximum Gasteiger partial charge on any atom is 0.173 e. The predicted molar refractivity (Wildman–Crippen MR) is 73.9 cm³/mol. The summed E-state index contributed by atoms with van der Waals surface area (Å²) < 4.78 is 0. The zero-order chi connectivity index (χ0) is 13.8. The van der Waals surface area contributed by atoms with Crippen molar-refractivity contribution < 1.29 is 9.59 Å². The van der Waals surface area contributed by atoms with Gasteiger partial charge in [0.25, 0.3) is 0 Å². The summed E-state index contributed by atoms with van der Waals surface area (Å²) >= 11 is 0. The van der Waals surface area contributed by atoms with Gasteiger partial charge in [0.2, 0.25) is 0 Å². The van der Waals surface area contributed by atoms with Crippen LogP contribution in [0.3, 0.4) is 0 Å². The second kappa shape index (κ2) is 3.78. The number of benzene rings is 1. The van der Waals surface area contributed by atoms with Gasteiger partial charge in [-0.15, -0.1) is 0 Å². The Morgan fingerprint density at radius 3 is 2.32 bits per heavy atom. The fraction of sp³-hybridized carbons (Fsp3) is 0.529. The second-order valence-corrected chi connectivity index (χ2v) is 6.77. The lowest BCUT2D eigenvalue weighted by Gasteiger charge is -2.32. The molecule has 2 nitrogen and oxygen atoms in total. The zero-order valence-corrected chi connectivity index (χ0v) is 11.8. The lowest BCUT2D eigenvalue weighted by molar-refractivity contribution is -0.130. The number of hydrogen-bond donors (Lipinski definition) is 0. The third-order valence-corrected chi connectivity index (χ3v) is 5.87. The minimum absolute atomic E-state index is 0.0205. The molecule has 0 aromatic heterocycles. The molecule has 3 atom stereocenters. The smallest absolute Gasteiger partial charge is 0.173 e. The van der Waals surface area contributed by atoms with Crippen molar-refractivity contribution >= 4 is 11.6 Å². The number of hydrogen-bond acceptors (Lipinski definition) is 2. The highest BCUT2D eigenvalue weighted by atomic mass is 16.2. The largest absolute Gasteiger partial charge is 0.298 e. The van der Waals surface area contributed by atoms with E-state index in [4.69, 9.17) is 0 Å². The molecule has 0 saturated heterocycles. The summed E-state index contributed by atoms with van der Waals surface area (Å²) in [7, 11) is 0. The standard InChI is InChI=1S/C17H20O2/c1-16(2)12-9-10-17(16,3)15(19)13(12)14(18)11-7-5-4-6-8-11/h4-8,12-13H,9-10H2,1-3H3/t12?,13?,17-/m0/s1. The maximum atomic E-state index is 12.7. The Hall–Kier alpha value is -1.44. The van der Waals surface area contributed by atoms with Crippen LogP contribution in [0.15, 0.2) is 30.3 Å². The Morgan fingerprint density at radius 1 is 1.16 bits per heavy atom. The van der Waals surface area contributed by atoms with Gasteiger partial charge in [-0.3, -0.25) is 9.59 Å². The van der Waals surface area contributed by atoms with Gasteiger partial charge >= 0.3 is 0 Å². The number of carbonyl (C=O) groups excluding carboxylic acids is 2. The third kappa shape index (κ3) is 1.43. The summed E-state index contributed by atoms with van der Waals surface area (Å²) in [4.78, 5) is 25.4. The van der Waals surface area contributed by atoms with Gasteiger partial charge in [0.1, 0.15) is 5.78 Å². The minimum Gasteiger partial charge on any atom is -0.298 e. The monoisotopic (exact) mass is 256 g/mol. The Balaban J connectivity index is 2.01. The molecule has 2 heteroatoms. The van der Waals surface area contributed by atoms with Crippen LogP contribution in [0.5, 0.6) is 0 Å². The van der Waals surface area contributed by atoms with Gasteiger partial charge in [0, 0.05) is 11.0 Å². The lowest BCUT2D eigenvalue weighted by atomic mass is 9.70. The molecule has 2 aliphatic rings. The zero-order valence-electron chi connectivity index (χ0n) is 11.8. The molecule has 2 unspecified atom stereocenters. The molecule has 2 fully saturated rings. The Kier molecular flexibility index (Phi) is 2.51. The van der Waals surface area contributed by atoms with E-state index in [-0.39, 0.29) is 28.3 Å². The topological polar surface area (TPSA) is 34.1 Å². The number of fused-ring (bicyclic) bond motifs is 2. The van der Waals surface area contributed by atoms with Crippen LogP contribution in [0.1, 0.15) is 44.0 Å². The normalized spacial score (nSPS) is 35.6. The fourth-order valence-electron chi connectivity index (χ4n) is 4.17. The maximum absolute atomic E-state index is 12.7. The molecule has 1 aromatic carbocycles. The second-order valence-electron chi connectivity index (χ2n) is 6.77. The average molecular weight is 256 g/mol. The van der Waals surface area contributed by atoms with E-state index >= 15 is 0 Å². The number of carbonyl (C=O) groups is 2. The molecular formula is C17H20O2. The van der Waals surface area contributed by atoms with Gasteiger partial charge in [0.05, 0.1) is 5.92 Å². The SMILES string of the molecule is CC1(C)C2CC[C@@]1(C)C(=O)C2C(=O)c1ccccc1. The van der Waals surface area contributed by atoms with Crippen molar-refractivity contribution in [2.24, 2.45) is 22.7 Å². The van der Waals surface area contributed by atoms with Crippen LogP contribution in [-0.4, -0.2) is 11.6 Å². The van der Waals surface area contributed by atoms with E-state index in [1.54, 1.807) is 0 Å². The molecule has 0 aliphatic heterocycles. The summed E-state index contributed by atoms with van der Waals surface area (Å²) in [5.41, 5.74) is 0.305. The van der Waals surface area contributed by atoms with Crippen LogP contribution in [0.2, 0.25) is 0 Å². The molecule has 0 spiro atoms. The highest BCUT2D eigenvalue weighted by Crippen LogP contribution is 2.66. The van der Waals surface area contributed by atoms with Crippen molar-refractivity contribution in [3.8, 4) is 0 Å². The van der Waals surface area contributed by atoms with Crippen LogP contribution in [0.4, 0.5) is 0 Å². The molecule has 0 N–H and O–H groups in total. The van der Waals surface area contributed by atoms with E-state index in [2.05, 4.69) is 13.8 Å². The van der Waals surface area contributed by atoms with Gasteiger partial charge in [0.15, 0.2) is 5.78 Å². The molecule has 0 radical (unpaired) electrons. The Labute approximate surface area is 114 Å². The molecule has 2 aliphatic carbocycles. The van der Waals surface area contributed by atoms with Crippen molar-refractivity contribution in [1.29, 1.82) is 0 Å². The first-order valence-corrected chi connectivity index (χ1v) is 7.03.